The highest BCUT2D eigenvalue weighted by atomic mass is 35.5. The minimum absolute atomic E-state index is 0.0867. The highest BCUT2D eigenvalue weighted by Gasteiger charge is 2.14. The van der Waals surface area contributed by atoms with Crippen LogP contribution in [0.1, 0.15) is 29.6 Å². The van der Waals surface area contributed by atoms with Crippen molar-refractivity contribution in [3.63, 3.8) is 0 Å². The van der Waals surface area contributed by atoms with Crippen LogP contribution in [0.25, 0.3) is 0 Å². The number of nitro benzene ring substituents is 1. The monoisotopic (exact) mass is 299 g/mol. The summed E-state index contributed by atoms with van der Waals surface area (Å²) in [4.78, 5) is 32.2. The molecule has 1 aromatic carbocycles. The van der Waals surface area contributed by atoms with Gasteiger partial charge < -0.3 is 11.1 Å². The molecule has 7 nitrogen and oxygen atoms in total. The first-order valence-electron chi connectivity index (χ1n) is 5.92. The number of halogens is 1. The van der Waals surface area contributed by atoms with E-state index in [-0.39, 0.29) is 34.5 Å². The van der Waals surface area contributed by atoms with Crippen LogP contribution in [0, 0.1) is 10.1 Å². The number of rotatable bonds is 7. The quantitative estimate of drug-likeness (QED) is 0.452. The Labute approximate surface area is 120 Å². The molecule has 0 saturated carbocycles. The standard InChI is InChI=1S/C12H14ClN3O4/c13-9-7-8(4-5-10(9)16(19)20)12(18)15-6-2-1-3-11(14)17/h4-5,7H,1-3,6H2,(H2,14,17)(H,15,18). The van der Waals surface area contributed by atoms with Crippen LogP contribution < -0.4 is 11.1 Å². The minimum atomic E-state index is -0.617. The van der Waals surface area contributed by atoms with Gasteiger partial charge in [-0.05, 0) is 25.0 Å². The van der Waals surface area contributed by atoms with Gasteiger partial charge in [-0.1, -0.05) is 11.6 Å². The molecule has 0 aromatic heterocycles. The topological polar surface area (TPSA) is 115 Å². The first-order chi connectivity index (χ1) is 9.41. The Bertz CT molecular complexity index is 533. The summed E-state index contributed by atoms with van der Waals surface area (Å²) in [5.74, 6) is -0.751. The lowest BCUT2D eigenvalue weighted by Gasteiger charge is -2.05. The highest BCUT2D eigenvalue weighted by molar-refractivity contribution is 6.33. The number of nitrogens with one attached hydrogen (secondary N) is 1. The second-order valence-electron chi connectivity index (χ2n) is 4.10. The Morgan fingerprint density at radius 2 is 2.05 bits per heavy atom. The van der Waals surface area contributed by atoms with Gasteiger partial charge in [0, 0.05) is 24.6 Å². The molecular formula is C12H14ClN3O4. The molecule has 3 N–H and O–H groups in total. The van der Waals surface area contributed by atoms with Crippen molar-refractivity contribution in [3.8, 4) is 0 Å². The normalized spacial score (nSPS) is 10.1. The summed E-state index contributed by atoms with van der Waals surface area (Å²) in [6.07, 6.45) is 1.49. The molecule has 0 bridgehead atoms. The molecule has 0 fully saturated rings. The van der Waals surface area contributed by atoms with Crippen LogP contribution in [0.4, 0.5) is 5.69 Å². The van der Waals surface area contributed by atoms with Crippen LogP contribution in [0.3, 0.4) is 0 Å². The maximum atomic E-state index is 11.7. The van der Waals surface area contributed by atoms with E-state index in [0.29, 0.717) is 19.4 Å². The van der Waals surface area contributed by atoms with E-state index in [9.17, 15) is 19.7 Å². The maximum absolute atomic E-state index is 11.7. The summed E-state index contributed by atoms with van der Waals surface area (Å²) in [6.45, 7) is 0.390. The van der Waals surface area contributed by atoms with Crippen molar-refractivity contribution in [1.29, 1.82) is 0 Å². The first kappa shape index (κ1) is 15.9. The molecule has 0 radical (unpaired) electrons. The van der Waals surface area contributed by atoms with Gasteiger partial charge in [-0.25, -0.2) is 0 Å². The van der Waals surface area contributed by atoms with Gasteiger partial charge in [0.15, 0.2) is 0 Å². The highest BCUT2D eigenvalue weighted by Crippen LogP contribution is 2.24. The Morgan fingerprint density at radius 1 is 1.35 bits per heavy atom. The SMILES string of the molecule is NC(=O)CCCCNC(=O)c1ccc([N+](=O)[O-])c(Cl)c1. The summed E-state index contributed by atoms with van der Waals surface area (Å²) in [5.41, 5.74) is 4.98. The van der Waals surface area contributed by atoms with Crippen LogP contribution in [0.15, 0.2) is 18.2 Å². The van der Waals surface area contributed by atoms with Crippen molar-refractivity contribution in [2.24, 2.45) is 5.73 Å². The van der Waals surface area contributed by atoms with E-state index in [1.165, 1.54) is 18.2 Å². The number of primary amides is 1. The molecular weight excluding hydrogens is 286 g/mol. The van der Waals surface area contributed by atoms with E-state index in [1.54, 1.807) is 0 Å². The van der Waals surface area contributed by atoms with Crippen molar-refractivity contribution in [1.82, 2.24) is 5.32 Å². The number of nitro groups is 1. The zero-order valence-electron chi connectivity index (χ0n) is 10.6. The molecule has 0 unspecified atom stereocenters. The van der Waals surface area contributed by atoms with Crippen LogP contribution >= 0.6 is 11.6 Å². The Kier molecular flexibility index (Phi) is 5.92. The fourth-order valence-corrected chi connectivity index (χ4v) is 1.77. The third-order valence-corrected chi connectivity index (χ3v) is 2.84. The molecule has 20 heavy (non-hydrogen) atoms. The predicted octanol–water partition coefficient (Wildman–Crippen LogP) is 1.63. The van der Waals surface area contributed by atoms with E-state index < -0.39 is 4.92 Å². The van der Waals surface area contributed by atoms with Gasteiger partial charge in [-0.2, -0.15) is 0 Å². The average Bonchev–Trinajstić information content (AvgIpc) is 2.37. The molecule has 0 aliphatic heterocycles. The third kappa shape index (κ3) is 4.85. The number of amides is 2. The Balaban J connectivity index is 2.50. The molecule has 0 aliphatic carbocycles. The van der Waals surface area contributed by atoms with Gasteiger partial charge in [0.1, 0.15) is 5.02 Å². The molecule has 0 spiro atoms. The van der Waals surface area contributed by atoms with E-state index in [1.807, 2.05) is 0 Å². The lowest BCUT2D eigenvalue weighted by Crippen LogP contribution is -2.24. The summed E-state index contributed by atoms with van der Waals surface area (Å²) < 4.78 is 0. The predicted molar refractivity (Wildman–Crippen MR) is 73.5 cm³/mol. The van der Waals surface area contributed by atoms with Gasteiger partial charge >= 0.3 is 0 Å². The lowest BCUT2D eigenvalue weighted by atomic mass is 10.2. The van der Waals surface area contributed by atoms with E-state index in [0.717, 1.165) is 0 Å². The smallest absolute Gasteiger partial charge is 0.287 e. The van der Waals surface area contributed by atoms with Crippen LogP contribution in [0.5, 0.6) is 0 Å². The van der Waals surface area contributed by atoms with Crippen molar-refractivity contribution < 1.29 is 14.5 Å². The van der Waals surface area contributed by atoms with E-state index >= 15 is 0 Å². The van der Waals surface area contributed by atoms with Crippen LogP contribution in [-0.2, 0) is 4.79 Å². The number of carbonyl (C=O) groups is 2. The molecule has 1 aromatic rings. The summed E-state index contributed by atoms with van der Waals surface area (Å²) >= 11 is 5.71. The van der Waals surface area contributed by atoms with Crippen molar-refractivity contribution in [2.75, 3.05) is 6.54 Å². The molecule has 0 heterocycles. The molecule has 0 aliphatic rings. The molecule has 0 atom stereocenters. The molecule has 1 rings (SSSR count). The number of nitrogens with zero attached hydrogens (tertiary/aromatic N) is 1. The first-order valence-corrected chi connectivity index (χ1v) is 6.30. The summed E-state index contributed by atoms with van der Waals surface area (Å²) in [5, 5.41) is 13.1. The average molecular weight is 300 g/mol. The summed E-state index contributed by atoms with van der Waals surface area (Å²) in [6, 6.07) is 3.77. The van der Waals surface area contributed by atoms with Crippen molar-refractivity contribution >= 4 is 29.1 Å². The largest absolute Gasteiger partial charge is 0.370 e. The minimum Gasteiger partial charge on any atom is -0.370 e. The number of unbranched alkanes of at least 4 members (excludes halogenated alkanes) is 1. The Hall–Kier alpha value is -2.15. The Morgan fingerprint density at radius 3 is 2.60 bits per heavy atom. The molecule has 2 amide bonds. The van der Waals surface area contributed by atoms with Crippen LogP contribution in [-0.4, -0.2) is 23.3 Å². The van der Waals surface area contributed by atoms with E-state index in [2.05, 4.69) is 5.32 Å². The van der Waals surface area contributed by atoms with Gasteiger partial charge in [0.05, 0.1) is 4.92 Å². The summed E-state index contributed by atoms with van der Waals surface area (Å²) in [7, 11) is 0. The van der Waals surface area contributed by atoms with Gasteiger partial charge in [0.2, 0.25) is 5.91 Å². The van der Waals surface area contributed by atoms with Crippen molar-refractivity contribution in [3.05, 3.63) is 38.9 Å². The van der Waals surface area contributed by atoms with Crippen molar-refractivity contribution in [2.45, 2.75) is 19.3 Å². The molecule has 108 valence electrons. The zero-order chi connectivity index (χ0) is 15.1. The second-order valence-corrected chi connectivity index (χ2v) is 4.51. The lowest BCUT2D eigenvalue weighted by molar-refractivity contribution is -0.384. The number of hydrogen-bond acceptors (Lipinski definition) is 4. The fourth-order valence-electron chi connectivity index (χ4n) is 1.52. The number of carbonyl (C=O) groups excluding carboxylic acids is 2. The number of nitrogens with two attached hydrogens (primary N) is 1. The van der Waals surface area contributed by atoms with Gasteiger partial charge in [0.25, 0.3) is 11.6 Å². The molecule has 8 heteroatoms. The van der Waals surface area contributed by atoms with Crippen LogP contribution in [0.2, 0.25) is 5.02 Å². The second kappa shape index (κ2) is 7.44. The number of benzene rings is 1. The van der Waals surface area contributed by atoms with E-state index in [4.69, 9.17) is 17.3 Å². The zero-order valence-corrected chi connectivity index (χ0v) is 11.4. The number of hydrogen-bond donors (Lipinski definition) is 2. The maximum Gasteiger partial charge on any atom is 0.287 e. The van der Waals surface area contributed by atoms with Gasteiger partial charge in [-0.3, -0.25) is 19.7 Å². The fraction of sp³-hybridized carbons (Fsp3) is 0.333. The third-order valence-electron chi connectivity index (χ3n) is 2.54. The molecule has 0 saturated heterocycles. The van der Waals surface area contributed by atoms with Gasteiger partial charge in [-0.15, -0.1) is 0 Å².